The van der Waals surface area contributed by atoms with Crippen LogP contribution >= 0.6 is 11.8 Å². The van der Waals surface area contributed by atoms with E-state index in [1.165, 1.54) is 5.56 Å². The van der Waals surface area contributed by atoms with E-state index in [0.29, 0.717) is 12.0 Å². The Balaban J connectivity index is 1.31. The lowest BCUT2D eigenvalue weighted by Gasteiger charge is -2.30. The van der Waals surface area contributed by atoms with E-state index in [0.717, 1.165) is 33.2 Å². The Labute approximate surface area is 203 Å². The second kappa shape index (κ2) is 9.98. The van der Waals surface area contributed by atoms with Gasteiger partial charge >= 0.3 is 5.97 Å². The summed E-state index contributed by atoms with van der Waals surface area (Å²) in [6.07, 6.45) is 1.54. The quantitative estimate of drug-likeness (QED) is 0.307. The number of benzene rings is 4. The van der Waals surface area contributed by atoms with Crippen LogP contribution in [0.2, 0.25) is 0 Å². The lowest BCUT2D eigenvalue weighted by molar-refractivity contribution is -0.121. The van der Waals surface area contributed by atoms with Crippen LogP contribution in [0.25, 0.3) is 0 Å². The van der Waals surface area contributed by atoms with Crippen LogP contribution in [0.4, 0.5) is 11.4 Å². The van der Waals surface area contributed by atoms with E-state index >= 15 is 0 Å². The SMILES string of the molecule is O=C(OCC(=O)N1c2ccccc2Sc2ccccc21)c1ccccc1CCc1ccccc1. The van der Waals surface area contributed by atoms with Gasteiger partial charge in [0.15, 0.2) is 6.61 Å². The van der Waals surface area contributed by atoms with Gasteiger partial charge in [0, 0.05) is 9.79 Å². The Kier molecular flexibility index (Phi) is 6.45. The smallest absolute Gasteiger partial charge is 0.338 e. The molecule has 1 aliphatic rings. The first-order valence-electron chi connectivity index (χ1n) is 11.2. The van der Waals surface area contributed by atoms with Crippen molar-refractivity contribution in [2.45, 2.75) is 22.6 Å². The van der Waals surface area contributed by atoms with E-state index in [2.05, 4.69) is 12.1 Å². The first-order chi connectivity index (χ1) is 16.7. The number of aryl methyl sites for hydroxylation is 2. The van der Waals surface area contributed by atoms with Crippen LogP contribution in [0.1, 0.15) is 21.5 Å². The molecule has 0 fully saturated rings. The van der Waals surface area contributed by atoms with Crippen molar-refractivity contribution in [2.24, 2.45) is 0 Å². The minimum atomic E-state index is -0.482. The molecule has 5 heteroatoms. The van der Waals surface area contributed by atoms with Crippen LogP contribution in [0.5, 0.6) is 0 Å². The molecule has 0 saturated carbocycles. The molecule has 5 rings (SSSR count). The maximum Gasteiger partial charge on any atom is 0.338 e. The number of carbonyl (C=O) groups excluding carboxylic acids is 2. The van der Waals surface area contributed by atoms with Gasteiger partial charge in [-0.05, 0) is 54.3 Å². The third-order valence-corrected chi connectivity index (χ3v) is 6.90. The van der Waals surface area contributed by atoms with Crippen LogP contribution in [0.3, 0.4) is 0 Å². The number of anilines is 2. The monoisotopic (exact) mass is 465 g/mol. The zero-order chi connectivity index (χ0) is 23.3. The fourth-order valence-electron chi connectivity index (χ4n) is 4.10. The van der Waals surface area contributed by atoms with Crippen LogP contribution in [-0.4, -0.2) is 18.5 Å². The third-order valence-electron chi connectivity index (χ3n) is 5.77. The number of hydrogen-bond donors (Lipinski definition) is 0. The van der Waals surface area contributed by atoms with Crippen LogP contribution in [-0.2, 0) is 22.4 Å². The first kappa shape index (κ1) is 22.0. The maximum atomic E-state index is 13.3. The van der Waals surface area contributed by atoms with Crippen LogP contribution in [0.15, 0.2) is 113 Å². The van der Waals surface area contributed by atoms with Crippen LogP contribution in [0, 0.1) is 0 Å². The van der Waals surface area contributed by atoms with E-state index in [-0.39, 0.29) is 12.5 Å². The second-order valence-electron chi connectivity index (χ2n) is 7.99. The lowest BCUT2D eigenvalue weighted by Crippen LogP contribution is -2.32. The van der Waals surface area contributed by atoms with E-state index in [9.17, 15) is 9.59 Å². The van der Waals surface area contributed by atoms with E-state index in [4.69, 9.17) is 4.74 Å². The Hall–Kier alpha value is -3.83. The molecule has 168 valence electrons. The summed E-state index contributed by atoms with van der Waals surface area (Å²) >= 11 is 1.63. The van der Waals surface area contributed by atoms with Crippen molar-refractivity contribution < 1.29 is 14.3 Å². The second-order valence-corrected chi connectivity index (χ2v) is 9.07. The molecule has 0 aromatic heterocycles. The van der Waals surface area contributed by atoms with Crippen molar-refractivity contribution in [1.29, 1.82) is 0 Å². The predicted molar refractivity (Wildman–Crippen MR) is 135 cm³/mol. The molecule has 0 N–H and O–H groups in total. The topological polar surface area (TPSA) is 46.6 Å². The summed E-state index contributed by atoms with van der Waals surface area (Å²) in [7, 11) is 0. The van der Waals surface area contributed by atoms with Crippen molar-refractivity contribution >= 4 is 35.0 Å². The zero-order valence-corrected chi connectivity index (χ0v) is 19.3. The molecule has 4 aromatic rings. The number of para-hydroxylation sites is 2. The Morgan fingerprint density at radius 2 is 1.26 bits per heavy atom. The van der Waals surface area contributed by atoms with Crippen LogP contribution < -0.4 is 4.90 Å². The molecule has 34 heavy (non-hydrogen) atoms. The molecule has 4 nitrogen and oxygen atoms in total. The predicted octanol–water partition coefficient (Wildman–Crippen LogP) is 6.46. The highest BCUT2D eigenvalue weighted by molar-refractivity contribution is 7.99. The number of esters is 1. The molecule has 1 heterocycles. The maximum absolute atomic E-state index is 13.3. The molecule has 1 aliphatic heterocycles. The fraction of sp³-hybridized carbons (Fsp3) is 0.103. The molecule has 0 unspecified atom stereocenters. The van der Waals surface area contributed by atoms with Gasteiger partial charge in [0.2, 0.25) is 0 Å². The number of carbonyl (C=O) groups is 2. The van der Waals surface area contributed by atoms with Gasteiger partial charge in [-0.2, -0.15) is 0 Å². The summed E-state index contributed by atoms with van der Waals surface area (Å²) in [4.78, 5) is 29.9. The highest BCUT2D eigenvalue weighted by atomic mass is 32.2. The molecule has 0 bridgehead atoms. The van der Waals surface area contributed by atoms with E-state index < -0.39 is 5.97 Å². The standard InChI is InChI=1S/C29H23NO3S/c31-28(30-24-14-6-8-16-26(24)34-27-17-9-7-15-25(27)30)20-33-29(32)23-13-5-4-12-22(23)19-18-21-10-2-1-3-11-21/h1-17H,18-20H2. The molecule has 0 atom stereocenters. The van der Waals surface area contributed by atoms with Crippen molar-refractivity contribution in [2.75, 3.05) is 11.5 Å². The lowest BCUT2D eigenvalue weighted by atomic mass is 10.00. The molecule has 0 radical (unpaired) electrons. The number of amides is 1. The normalized spacial score (nSPS) is 11.9. The molecule has 0 aliphatic carbocycles. The summed E-state index contributed by atoms with van der Waals surface area (Å²) < 4.78 is 5.53. The van der Waals surface area contributed by atoms with Crippen molar-refractivity contribution in [1.82, 2.24) is 0 Å². The summed E-state index contributed by atoms with van der Waals surface area (Å²) in [5, 5.41) is 0. The van der Waals surface area contributed by atoms with E-state index in [1.54, 1.807) is 22.7 Å². The number of fused-ring (bicyclic) bond motifs is 2. The van der Waals surface area contributed by atoms with Gasteiger partial charge in [0.1, 0.15) is 0 Å². The van der Waals surface area contributed by atoms with Gasteiger partial charge in [-0.1, -0.05) is 84.6 Å². The molecular formula is C29H23NO3S. The summed E-state index contributed by atoms with van der Waals surface area (Å²) in [6.45, 7) is -0.334. The summed E-state index contributed by atoms with van der Waals surface area (Å²) in [5.74, 6) is -0.764. The van der Waals surface area contributed by atoms with Gasteiger partial charge < -0.3 is 4.74 Å². The Bertz CT molecular complexity index is 1290. The highest BCUT2D eigenvalue weighted by Gasteiger charge is 2.28. The summed E-state index contributed by atoms with van der Waals surface area (Å²) in [5.41, 5.74) is 4.22. The van der Waals surface area contributed by atoms with Gasteiger partial charge in [0.25, 0.3) is 5.91 Å². The molecule has 0 spiro atoms. The number of hydrogen-bond acceptors (Lipinski definition) is 4. The highest BCUT2D eigenvalue weighted by Crippen LogP contribution is 2.47. The first-order valence-corrected chi connectivity index (χ1v) is 12.0. The molecular weight excluding hydrogens is 442 g/mol. The minimum Gasteiger partial charge on any atom is -0.452 e. The average Bonchev–Trinajstić information content (AvgIpc) is 2.89. The minimum absolute atomic E-state index is 0.282. The number of nitrogens with zero attached hydrogens (tertiary/aromatic N) is 1. The third kappa shape index (κ3) is 4.61. The van der Waals surface area contributed by atoms with Gasteiger partial charge in [-0.25, -0.2) is 4.79 Å². The van der Waals surface area contributed by atoms with Gasteiger partial charge in [-0.3, -0.25) is 9.69 Å². The Morgan fingerprint density at radius 3 is 1.97 bits per heavy atom. The van der Waals surface area contributed by atoms with Gasteiger partial charge in [0.05, 0.1) is 16.9 Å². The van der Waals surface area contributed by atoms with Crippen molar-refractivity contribution in [3.05, 3.63) is 120 Å². The fourth-order valence-corrected chi connectivity index (χ4v) is 5.16. The van der Waals surface area contributed by atoms with Gasteiger partial charge in [-0.15, -0.1) is 0 Å². The number of rotatable bonds is 6. The van der Waals surface area contributed by atoms with Crippen molar-refractivity contribution in [3.8, 4) is 0 Å². The summed E-state index contributed by atoms with van der Waals surface area (Å²) in [6, 6.07) is 33.1. The molecule has 0 saturated heterocycles. The number of ether oxygens (including phenoxy) is 1. The van der Waals surface area contributed by atoms with Crippen molar-refractivity contribution in [3.63, 3.8) is 0 Å². The average molecular weight is 466 g/mol. The molecule has 4 aromatic carbocycles. The molecule has 1 amide bonds. The Morgan fingerprint density at radius 1 is 0.676 bits per heavy atom. The van der Waals surface area contributed by atoms with E-state index in [1.807, 2.05) is 84.9 Å². The zero-order valence-electron chi connectivity index (χ0n) is 18.5. The largest absolute Gasteiger partial charge is 0.452 e.